The molecule has 1 aromatic carbocycles. The van der Waals surface area contributed by atoms with Gasteiger partial charge in [-0.05, 0) is 37.6 Å². The largest absolute Gasteiger partial charge is 0.301 e. The van der Waals surface area contributed by atoms with Crippen molar-refractivity contribution in [3.63, 3.8) is 0 Å². The molecule has 2 aliphatic rings. The van der Waals surface area contributed by atoms with E-state index in [9.17, 15) is 4.79 Å². The molecule has 0 spiro atoms. The zero-order valence-electron chi connectivity index (χ0n) is 12.3. The predicted octanol–water partition coefficient (Wildman–Crippen LogP) is 1.36. The summed E-state index contributed by atoms with van der Waals surface area (Å²) < 4.78 is 0. The first-order chi connectivity index (χ1) is 10.3. The van der Waals surface area contributed by atoms with Crippen LogP contribution >= 0.6 is 0 Å². The number of rotatable bonds is 3. The molecular weight excluding hydrogens is 264 g/mol. The van der Waals surface area contributed by atoms with Crippen LogP contribution in [-0.4, -0.2) is 42.8 Å². The molecule has 0 aliphatic carbocycles. The second-order valence-electron chi connectivity index (χ2n) is 5.64. The summed E-state index contributed by atoms with van der Waals surface area (Å²) in [5, 5.41) is 0. The van der Waals surface area contributed by atoms with E-state index in [1.165, 1.54) is 32.4 Å². The van der Waals surface area contributed by atoms with E-state index in [-0.39, 0.29) is 5.91 Å². The lowest BCUT2D eigenvalue weighted by atomic mass is 10.0. The SMILES string of the molecule is O=C1NNC(=NCCN2CCCCC2)Cc2ccccc21. The van der Waals surface area contributed by atoms with Crippen molar-refractivity contribution in [2.24, 2.45) is 4.99 Å². The second kappa shape index (κ2) is 6.72. The number of benzene rings is 1. The highest BCUT2D eigenvalue weighted by atomic mass is 16.2. The van der Waals surface area contributed by atoms with Gasteiger partial charge in [0.1, 0.15) is 5.84 Å². The lowest BCUT2D eigenvalue weighted by molar-refractivity contribution is 0.0945. The van der Waals surface area contributed by atoms with Gasteiger partial charge in [0.15, 0.2) is 0 Å². The average molecular weight is 286 g/mol. The summed E-state index contributed by atoms with van der Waals surface area (Å²) in [7, 11) is 0. The third kappa shape index (κ3) is 3.61. The van der Waals surface area contributed by atoms with E-state index < -0.39 is 0 Å². The molecule has 112 valence electrons. The molecule has 0 saturated carbocycles. The van der Waals surface area contributed by atoms with E-state index in [1.807, 2.05) is 24.3 Å². The smallest absolute Gasteiger partial charge is 0.269 e. The standard InChI is InChI=1S/C16H22N4O/c21-16-14-7-3-2-6-13(14)12-15(18-19-16)17-8-11-20-9-4-1-5-10-20/h2-3,6-7H,1,4-5,8-12H2,(H,17,18)(H,19,21). The van der Waals surface area contributed by atoms with Crippen molar-refractivity contribution in [3.05, 3.63) is 35.4 Å². The molecule has 1 saturated heterocycles. The van der Waals surface area contributed by atoms with E-state index in [4.69, 9.17) is 0 Å². The number of carbonyl (C=O) groups excluding carboxylic acids is 1. The highest BCUT2D eigenvalue weighted by Gasteiger charge is 2.17. The van der Waals surface area contributed by atoms with Crippen LogP contribution in [0.4, 0.5) is 0 Å². The van der Waals surface area contributed by atoms with Crippen molar-refractivity contribution < 1.29 is 4.79 Å². The molecule has 0 radical (unpaired) electrons. The molecule has 1 aromatic rings. The van der Waals surface area contributed by atoms with Gasteiger partial charge in [0, 0.05) is 18.5 Å². The van der Waals surface area contributed by atoms with Crippen LogP contribution < -0.4 is 10.9 Å². The van der Waals surface area contributed by atoms with Crippen LogP contribution in [0.5, 0.6) is 0 Å². The van der Waals surface area contributed by atoms with Gasteiger partial charge in [-0.25, -0.2) is 0 Å². The first-order valence-electron chi connectivity index (χ1n) is 7.73. The van der Waals surface area contributed by atoms with Crippen molar-refractivity contribution in [1.29, 1.82) is 0 Å². The lowest BCUT2D eigenvalue weighted by Gasteiger charge is -2.25. The molecule has 0 aromatic heterocycles. The normalized spacial score (nSPS) is 21.3. The molecule has 0 atom stereocenters. The van der Waals surface area contributed by atoms with Crippen LogP contribution in [-0.2, 0) is 6.42 Å². The summed E-state index contributed by atoms with van der Waals surface area (Å²) in [6.07, 6.45) is 4.64. The summed E-state index contributed by atoms with van der Waals surface area (Å²) in [6, 6.07) is 7.69. The van der Waals surface area contributed by atoms with Crippen LogP contribution in [0, 0.1) is 0 Å². The maximum atomic E-state index is 11.9. The minimum Gasteiger partial charge on any atom is -0.301 e. The van der Waals surface area contributed by atoms with Crippen molar-refractivity contribution in [2.45, 2.75) is 25.7 Å². The average Bonchev–Trinajstić information content (AvgIpc) is 2.68. The number of fused-ring (bicyclic) bond motifs is 1. The highest BCUT2D eigenvalue weighted by molar-refractivity contribution is 6.01. The molecule has 1 amide bonds. The Morgan fingerprint density at radius 2 is 1.90 bits per heavy atom. The number of nitrogens with one attached hydrogen (secondary N) is 2. The maximum Gasteiger partial charge on any atom is 0.269 e. The van der Waals surface area contributed by atoms with E-state index >= 15 is 0 Å². The number of carbonyl (C=O) groups is 1. The van der Waals surface area contributed by atoms with Gasteiger partial charge in [-0.1, -0.05) is 24.6 Å². The number of nitrogens with zero attached hydrogens (tertiary/aromatic N) is 2. The topological polar surface area (TPSA) is 56.7 Å². The number of hydrogen-bond acceptors (Lipinski definition) is 3. The number of hydrazine groups is 1. The summed E-state index contributed by atoms with van der Waals surface area (Å²) in [4.78, 5) is 19.0. The molecule has 2 aliphatic heterocycles. The minimum atomic E-state index is -0.0909. The van der Waals surface area contributed by atoms with E-state index in [2.05, 4.69) is 20.7 Å². The third-order valence-corrected chi connectivity index (χ3v) is 4.11. The molecular formula is C16H22N4O. The van der Waals surface area contributed by atoms with Crippen molar-refractivity contribution in [1.82, 2.24) is 15.8 Å². The third-order valence-electron chi connectivity index (χ3n) is 4.11. The Bertz CT molecular complexity index is 535. The van der Waals surface area contributed by atoms with Gasteiger partial charge in [0.2, 0.25) is 0 Å². The van der Waals surface area contributed by atoms with Crippen LogP contribution in [0.25, 0.3) is 0 Å². The number of aliphatic imine (C=N–C) groups is 1. The van der Waals surface area contributed by atoms with E-state index in [0.717, 1.165) is 30.1 Å². The van der Waals surface area contributed by atoms with Gasteiger partial charge in [-0.15, -0.1) is 0 Å². The first kappa shape index (κ1) is 14.1. The van der Waals surface area contributed by atoms with Crippen LogP contribution in [0.3, 0.4) is 0 Å². The Morgan fingerprint density at radius 3 is 2.76 bits per heavy atom. The Labute approximate surface area is 125 Å². The maximum absolute atomic E-state index is 11.9. The van der Waals surface area contributed by atoms with Crippen LogP contribution in [0.2, 0.25) is 0 Å². The van der Waals surface area contributed by atoms with Gasteiger partial charge in [0.05, 0.1) is 6.54 Å². The molecule has 3 rings (SSSR count). The highest BCUT2D eigenvalue weighted by Crippen LogP contribution is 2.12. The van der Waals surface area contributed by atoms with Crippen LogP contribution in [0.15, 0.2) is 29.3 Å². The predicted molar refractivity (Wildman–Crippen MR) is 83.3 cm³/mol. The summed E-state index contributed by atoms with van der Waals surface area (Å²) >= 11 is 0. The molecule has 0 unspecified atom stereocenters. The Morgan fingerprint density at radius 1 is 1.10 bits per heavy atom. The summed E-state index contributed by atoms with van der Waals surface area (Å²) in [5.74, 6) is 0.747. The van der Waals surface area contributed by atoms with Gasteiger partial charge in [-0.2, -0.15) is 0 Å². The fourth-order valence-corrected chi connectivity index (χ4v) is 2.92. The zero-order valence-corrected chi connectivity index (χ0v) is 12.3. The Hall–Kier alpha value is -1.88. The van der Waals surface area contributed by atoms with Gasteiger partial charge >= 0.3 is 0 Å². The molecule has 2 N–H and O–H groups in total. The fraction of sp³-hybridized carbons (Fsp3) is 0.500. The number of piperidine rings is 1. The first-order valence-corrected chi connectivity index (χ1v) is 7.73. The number of amides is 1. The second-order valence-corrected chi connectivity index (χ2v) is 5.64. The Balaban J connectivity index is 1.61. The summed E-state index contributed by atoms with van der Waals surface area (Å²) in [5.41, 5.74) is 7.41. The molecule has 21 heavy (non-hydrogen) atoms. The van der Waals surface area contributed by atoms with Gasteiger partial charge in [-0.3, -0.25) is 20.6 Å². The molecule has 0 bridgehead atoms. The number of likely N-dealkylation sites (tertiary alicyclic amines) is 1. The monoisotopic (exact) mass is 286 g/mol. The molecule has 5 heteroatoms. The fourth-order valence-electron chi connectivity index (χ4n) is 2.92. The van der Waals surface area contributed by atoms with Crippen molar-refractivity contribution in [2.75, 3.05) is 26.2 Å². The van der Waals surface area contributed by atoms with Gasteiger partial charge in [0.25, 0.3) is 5.91 Å². The minimum absolute atomic E-state index is 0.0909. The lowest BCUT2D eigenvalue weighted by Crippen LogP contribution is -2.40. The van der Waals surface area contributed by atoms with Gasteiger partial charge < -0.3 is 4.90 Å². The van der Waals surface area contributed by atoms with E-state index in [0.29, 0.717) is 6.42 Å². The number of hydrogen-bond donors (Lipinski definition) is 2. The summed E-state index contributed by atoms with van der Waals surface area (Å²) in [6.45, 7) is 4.16. The van der Waals surface area contributed by atoms with Crippen molar-refractivity contribution >= 4 is 11.7 Å². The Kier molecular flexibility index (Phi) is 4.50. The van der Waals surface area contributed by atoms with E-state index in [1.54, 1.807) is 0 Å². The molecule has 1 fully saturated rings. The quantitative estimate of drug-likeness (QED) is 0.882. The van der Waals surface area contributed by atoms with Crippen molar-refractivity contribution in [3.8, 4) is 0 Å². The molecule has 5 nitrogen and oxygen atoms in total. The number of amidine groups is 1. The molecule has 2 heterocycles. The van der Waals surface area contributed by atoms with Crippen LogP contribution in [0.1, 0.15) is 35.2 Å². The zero-order chi connectivity index (χ0) is 14.5.